The van der Waals surface area contributed by atoms with E-state index in [-0.39, 0.29) is 22.8 Å². The lowest BCUT2D eigenvalue weighted by atomic mass is 10.2. The molecule has 0 spiro atoms. The number of hydrogen-bond acceptors (Lipinski definition) is 6. The van der Waals surface area contributed by atoms with Crippen molar-refractivity contribution < 1.29 is 21.6 Å². The summed E-state index contributed by atoms with van der Waals surface area (Å²) in [7, 11) is -5.51. The molecule has 0 saturated carbocycles. The molecule has 0 aromatic heterocycles. The highest BCUT2D eigenvalue weighted by Gasteiger charge is 2.34. The van der Waals surface area contributed by atoms with E-state index in [1.165, 1.54) is 24.1 Å². The van der Waals surface area contributed by atoms with Crippen LogP contribution in [0.15, 0.2) is 24.3 Å². The van der Waals surface area contributed by atoms with Gasteiger partial charge in [-0.15, -0.1) is 0 Å². The minimum Gasteiger partial charge on any atom is -0.340 e. The number of hydrogen-bond donors (Lipinski definition) is 0. The standard InChI is InChI=1S/C15H19N3O5S2/c1-17(13-7-8-25(22,23)11-13)15(19)10-18(24(2,20)21)14-6-4-3-5-12(14)9-16/h3-6,13H,7-8,10-11H2,1-2H3. The topological polar surface area (TPSA) is 116 Å². The van der Waals surface area contributed by atoms with Crippen LogP contribution in [0, 0.1) is 11.3 Å². The van der Waals surface area contributed by atoms with E-state index >= 15 is 0 Å². The van der Waals surface area contributed by atoms with Crippen LogP contribution in [0.3, 0.4) is 0 Å². The second-order valence-corrected chi connectivity index (χ2v) is 10.1. The molecule has 1 unspecified atom stereocenters. The van der Waals surface area contributed by atoms with E-state index in [1.807, 2.05) is 6.07 Å². The molecule has 1 saturated heterocycles. The Morgan fingerprint density at radius 3 is 2.52 bits per heavy atom. The third kappa shape index (κ3) is 4.49. The van der Waals surface area contributed by atoms with Gasteiger partial charge in [-0.1, -0.05) is 12.1 Å². The van der Waals surface area contributed by atoms with Crippen LogP contribution in [-0.4, -0.2) is 65.0 Å². The fourth-order valence-electron chi connectivity index (χ4n) is 2.69. The molecule has 0 N–H and O–H groups in total. The fraction of sp³-hybridized carbons (Fsp3) is 0.467. The van der Waals surface area contributed by atoms with Crippen molar-refractivity contribution in [1.82, 2.24) is 4.90 Å². The highest BCUT2D eigenvalue weighted by atomic mass is 32.2. The number of sulfonamides is 1. The second-order valence-electron chi connectivity index (χ2n) is 5.96. The first-order valence-electron chi connectivity index (χ1n) is 7.48. The predicted molar refractivity (Wildman–Crippen MR) is 93.2 cm³/mol. The van der Waals surface area contributed by atoms with Gasteiger partial charge in [0, 0.05) is 13.1 Å². The average molecular weight is 385 g/mol. The Morgan fingerprint density at radius 2 is 2.00 bits per heavy atom. The molecule has 1 aliphatic heterocycles. The normalized spacial score (nSPS) is 19.2. The van der Waals surface area contributed by atoms with Gasteiger partial charge in [-0.25, -0.2) is 16.8 Å². The number of carbonyl (C=O) groups is 1. The maximum atomic E-state index is 12.5. The van der Waals surface area contributed by atoms with Crippen LogP contribution in [-0.2, 0) is 24.7 Å². The summed E-state index contributed by atoms with van der Waals surface area (Å²) >= 11 is 0. The molecule has 1 atom stereocenters. The van der Waals surface area contributed by atoms with Gasteiger partial charge >= 0.3 is 0 Å². The van der Waals surface area contributed by atoms with Crippen LogP contribution >= 0.6 is 0 Å². The number of sulfone groups is 1. The molecule has 2 rings (SSSR count). The van der Waals surface area contributed by atoms with Crippen molar-refractivity contribution in [2.75, 3.05) is 35.7 Å². The van der Waals surface area contributed by atoms with Gasteiger partial charge in [0.1, 0.15) is 12.6 Å². The number of nitrogens with zero attached hydrogens (tertiary/aromatic N) is 3. The van der Waals surface area contributed by atoms with Gasteiger partial charge < -0.3 is 4.90 Å². The zero-order valence-electron chi connectivity index (χ0n) is 13.9. The van der Waals surface area contributed by atoms with Crippen LogP contribution in [0.2, 0.25) is 0 Å². The van der Waals surface area contributed by atoms with Crippen LogP contribution in [0.4, 0.5) is 5.69 Å². The van der Waals surface area contributed by atoms with Gasteiger partial charge in [0.15, 0.2) is 9.84 Å². The summed E-state index contributed by atoms with van der Waals surface area (Å²) in [4.78, 5) is 13.8. The SMILES string of the molecule is CN(C(=O)CN(c1ccccc1C#N)S(C)(=O)=O)C1CCS(=O)(=O)C1. The Kier molecular flexibility index (Phi) is 5.39. The molecule has 1 amide bonds. The first-order valence-corrected chi connectivity index (χ1v) is 11.1. The fourth-order valence-corrected chi connectivity index (χ4v) is 5.32. The molecule has 8 nitrogen and oxygen atoms in total. The third-order valence-corrected chi connectivity index (χ3v) is 7.00. The van der Waals surface area contributed by atoms with Crippen molar-refractivity contribution in [3.8, 4) is 6.07 Å². The summed E-state index contributed by atoms with van der Waals surface area (Å²) < 4.78 is 48.3. The molecule has 0 aliphatic carbocycles. The Hall–Kier alpha value is -2.12. The van der Waals surface area contributed by atoms with Crippen molar-refractivity contribution in [2.45, 2.75) is 12.5 Å². The first kappa shape index (κ1) is 19.2. The average Bonchev–Trinajstić information content (AvgIpc) is 2.90. The van der Waals surface area contributed by atoms with Crippen molar-refractivity contribution in [3.63, 3.8) is 0 Å². The summed E-state index contributed by atoms with van der Waals surface area (Å²) in [6.45, 7) is -0.495. The quantitative estimate of drug-likeness (QED) is 0.703. The van der Waals surface area contributed by atoms with Crippen LogP contribution < -0.4 is 4.31 Å². The molecule has 1 heterocycles. The van der Waals surface area contributed by atoms with E-state index in [0.29, 0.717) is 6.42 Å². The molecule has 1 fully saturated rings. The summed E-state index contributed by atoms with van der Waals surface area (Å²) in [5, 5.41) is 9.17. The molecule has 1 aromatic carbocycles. The van der Waals surface area contributed by atoms with Crippen molar-refractivity contribution in [2.24, 2.45) is 0 Å². The van der Waals surface area contributed by atoms with E-state index < -0.39 is 38.4 Å². The maximum absolute atomic E-state index is 12.5. The molecular formula is C15H19N3O5S2. The third-order valence-electron chi connectivity index (χ3n) is 4.12. The maximum Gasteiger partial charge on any atom is 0.243 e. The Balaban J connectivity index is 2.27. The van der Waals surface area contributed by atoms with Crippen LogP contribution in [0.5, 0.6) is 0 Å². The highest BCUT2D eigenvalue weighted by Crippen LogP contribution is 2.23. The molecule has 10 heteroatoms. The van der Waals surface area contributed by atoms with Crippen LogP contribution in [0.1, 0.15) is 12.0 Å². The van der Waals surface area contributed by atoms with E-state index in [2.05, 4.69) is 0 Å². The monoisotopic (exact) mass is 385 g/mol. The zero-order valence-corrected chi connectivity index (χ0v) is 15.5. The second kappa shape index (κ2) is 7.01. The number of amides is 1. The van der Waals surface area contributed by atoms with Gasteiger partial charge in [0.05, 0.1) is 29.0 Å². The Morgan fingerprint density at radius 1 is 1.36 bits per heavy atom. The van der Waals surface area contributed by atoms with E-state index in [1.54, 1.807) is 12.1 Å². The molecule has 1 aliphatic rings. The molecule has 0 bridgehead atoms. The van der Waals surface area contributed by atoms with Gasteiger partial charge in [0.2, 0.25) is 15.9 Å². The van der Waals surface area contributed by atoms with Gasteiger partial charge in [-0.3, -0.25) is 9.10 Å². The molecule has 1 aromatic rings. The van der Waals surface area contributed by atoms with Crippen molar-refractivity contribution in [1.29, 1.82) is 5.26 Å². The number of nitriles is 1. The lowest BCUT2D eigenvalue weighted by Gasteiger charge is -2.28. The number of para-hydroxylation sites is 1. The van der Waals surface area contributed by atoms with Gasteiger partial charge in [0.25, 0.3) is 0 Å². The van der Waals surface area contributed by atoms with Crippen LogP contribution in [0.25, 0.3) is 0 Å². The number of benzene rings is 1. The van der Waals surface area contributed by atoms with E-state index in [4.69, 9.17) is 0 Å². The van der Waals surface area contributed by atoms with Crippen molar-refractivity contribution in [3.05, 3.63) is 29.8 Å². The van der Waals surface area contributed by atoms with E-state index in [9.17, 15) is 26.9 Å². The van der Waals surface area contributed by atoms with Gasteiger partial charge in [-0.2, -0.15) is 5.26 Å². The summed E-state index contributed by atoms with van der Waals surface area (Å²) in [5.41, 5.74) is 0.250. The predicted octanol–water partition coefficient (Wildman–Crippen LogP) is -0.0302. The molecule has 0 radical (unpaired) electrons. The number of anilines is 1. The van der Waals surface area contributed by atoms with Gasteiger partial charge in [-0.05, 0) is 18.6 Å². The smallest absolute Gasteiger partial charge is 0.243 e. The molecular weight excluding hydrogens is 366 g/mol. The zero-order chi connectivity index (χ0) is 18.8. The Bertz CT molecular complexity index is 919. The number of likely N-dealkylation sites (N-methyl/N-ethyl adjacent to an activating group) is 1. The highest BCUT2D eigenvalue weighted by molar-refractivity contribution is 7.92. The minimum absolute atomic E-state index is 0.0162. The lowest BCUT2D eigenvalue weighted by molar-refractivity contribution is -0.129. The lowest BCUT2D eigenvalue weighted by Crippen LogP contribution is -2.45. The largest absolute Gasteiger partial charge is 0.340 e. The summed E-state index contributed by atoms with van der Waals surface area (Å²) in [5.74, 6) is -0.633. The summed E-state index contributed by atoms with van der Waals surface area (Å²) in [6.07, 6.45) is 1.28. The van der Waals surface area contributed by atoms with Crippen molar-refractivity contribution >= 4 is 31.5 Å². The molecule has 136 valence electrons. The first-order chi connectivity index (χ1) is 11.5. The number of rotatable bonds is 5. The summed E-state index contributed by atoms with van der Waals surface area (Å²) in [6, 6.07) is 7.53. The Labute approximate surface area is 147 Å². The number of carbonyl (C=O) groups excluding carboxylic acids is 1. The minimum atomic E-state index is -3.81. The van der Waals surface area contributed by atoms with E-state index in [0.717, 1.165) is 10.6 Å². The molecule has 25 heavy (non-hydrogen) atoms.